The van der Waals surface area contributed by atoms with Crippen LogP contribution in [0.2, 0.25) is 0 Å². The Kier molecular flexibility index (Phi) is 4.66. The fourth-order valence-corrected chi connectivity index (χ4v) is 1.07. The molecule has 0 aliphatic carbocycles. The molecular formula is C12H24O. The molecule has 0 saturated carbocycles. The summed E-state index contributed by atoms with van der Waals surface area (Å²) < 4.78 is 0. The summed E-state index contributed by atoms with van der Waals surface area (Å²) in [6, 6.07) is 0. The van der Waals surface area contributed by atoms with Crippen LogP contribution in [0, 0.1) is 17.3 Å². The molecule has 1 atom stereocenters. The molecule has 78 valence electrons. The first-order valence-electron chi connectivity index (χ1n) is 5.28. The third kappa shape index (κ3) is 5.07. The minimum atomic E-state index is -0.156. The summed E-state index contributed by atoms with van der Waals surface area (Å²) in [7, 11) is 0. The van der Waals surface area contributed by atoms with Crippen LogP contribution in [0.15, 0.2) is 0 Å². The van der Waals surface area contributed by atoms with Gasteiger partial charge in [-0.2, -0.15) is 0 Å². The van der Waals surface area contributed by atoms with Gasteiger partial charge in [0.2, 0.25) is 0 Å². The fourth-order valence-electron chi connectivity index (χ4n) is 1.07. The van der Waals surface area contributed by atoms with E-state index in [9.17, 15) is 4.79 Å². The van der Waals surface area contributed by atoms with Crippen molar-refractivity contribution in [2.75, 3.05) is 0 Å². The van der Waals surface area contributed by atoms with Crippen LogP contribution in [0.4, 0.5) is 0 Å². The first kappa shape index (κ1) is 12.7. The second kappa shape index (κ2) is 4.78. The Morgan fingerprint density at radius 1 is 1.15 bits per heavy atom. The summed E-state index contributed by atoms with van der Waals surface area (Å²) in [6.45, 7) is 12.6. The van der Waals surface area contributed by atoms with Gasteiger partial charge in [0.1, 0.15) is 5.78 Å². The molecule has 0 heterocycles. The molecule has 1 heteroatoms. The Labute approximate surface area is 82.9 Å². The van der Waals surface area contributed by atoms with Crippen LogP contribution in [-0.2, 0) is 4.79 Å². The quantitative estimate of drug-likeness (QED) is 0.651. The Hall–Kier alpha value is -0.330. The maximum absolute atomic E-state index is 11.6. The molecule has 0 aromatic carbocycles. The first-order valence-corrected chi connectivity index (χ1v) is 5.28. The summed E-state index contributed by atoms with van der Waals surface area (Å²) in [6.07, 6.45) is 1.77. The molecule has 0 saturated heterocycles. The van der Waals surface area contributed by atoms with E-state index in [2.05, 4.69) is 20.8 Å². The standard InChI is InChI=1S/C12H24O/c1-9(2)10(3)7-8-11(13)12(4,5)6/h9-10H,7-8H2,1-6H3. The molecule has 0 aromatic heterocycles. The number of hydrogen-bond donors (Lipinski definition) is 0. The van der Waals surface area contributed by atoms with E-state index in [1.165, 1.54) is 0 Å². The second-order valence-corrected chi connectivity index (χ2v) is 5.43. The fraction of sp³-hybridized carbons (Fsp3) is 0.917. The smallest absolute Gasteiger partial charge is 0.138 e. The van der Waals surface area contributed by atoms with E-state index in [1.54, 1.807) is 0 Å². The summed E-state index contributed by atoms with van der Waals surface area (Å²) in [4.78, 5) is 11.6. The minimum absolute atomic E-state index is 0.156. The molecule has 0 radical (unpaired) electrons. The van der Waals surface area contributed by atoms with Crippen molar-refractivity contribution in [2.45, 2.75) is 54.4 Å². The number of Topliss-reactive ketones (excluding diaryl/α,β-unsaturated/α-hetero) is 1. The molecule has 13 heavy (non-hydrogen) atoms. The molecule has 0 amide bonds. The van der Waals surface area contributed by atoms with Gasteiger partial charge in [-0.3, -0.25) is 4.79 Å². The molecular weight excluding hydrogens is 160 g/mol. The van der Waals surface area contributed by atoms with Gasteiger partial charge in [-0.05, 0) is 18.3 Å². The Balaban J connectivity index is 3.84. The predicted octanol–water partition coefficient (Wildman–Crippen LogP) is 3.67. The zero-order valence-corrected chi connectivity index (χ0v) is 9.98. The number of carbonyl (C=O) groups is 1. The van der Waals surface area contributed by atoms with Crippen molar-refractivity contribution in [3.05, 3.63) is 0 Å². The maximum Gasteiger partial charge on any atom is 0.138 e. The molecule has 0 bridgehead atoms. The number of ketones is 1. The van der Waals surface area contributed by atoms with Gasteiger partial charge in [-0.15, -0.1) is 0 Å². The van der Waals surface area contributed by atoms with E-state index in [-0.39, 0.29) is 5.41 Å². The van der Waals surface area contributed by atoms with Gasteiger partial charge in [0.15, 0.2) is 0 Å². The lowest BCUT2D eigenvalue weighted by Gasteiger charge is -2.19. The van der Waals surface area contributed by atoms with Crippen molar-refractivity contribution >= 4 is 5.78 Å². The van der Waals surface area contributed by atoms with Gasteiger partial charge >= 0.3 is 0 Å². The molecule has 0 aliphatic heterocycles. The van der Waals surface area contributed by atoms with Crippen molar-refractivity contribution < 1.29 is 4.79 Å². The van der Waals surface area contributed by atoms with E-state index < -0.39 is 0 Å². The van der Waals surface area contributed by atoms with Crippen molar-refractivity contribution in [3.8, 4) is 0 Å². The maximum atomic E-state index is 11.6. The van der Waals surface area contributed by atoms with Crippen LogP contribution in [0.5, 0.6) is 0 Å². The average Bonchev–Trinajstić information content (AvgIpc) is 1.97. The van der Waals surface area contributed by atoms with Gasteiger partial charge in [0.05, 0.1) is 0 Å². The molecule has 0 aromatic rings. The molecule has 0 spiro atoms. The highest BCUT2D eigenvalue weighted by molar-refractivity contribution is 5.83. The Morgan fingerprint density at radius 2 is 1.62 bits per heavy atom. The Morgan fingerprint density at radius 3 is 1.92 bits per heavy atom. The van der Waals surface area contributed by atoms with Crippen LogP contribution in [-0.4, -0.2) is 5.78 Å². The summed E-state index contributed by atoms with van der Waals surface area (Å²) in [5, 5.41) is 0. The van der Waals surface area contributed by atoms with Crippen LogP contribution in [0.25, 0.3) is 0 Å². The van der Waals surface area contributed by atoms with E-state index >= 15 is 0 Å². The zero-order valence-electron chi connectivity index (χ0n) is 9.98. The van der Waals surface area contributed by atoms with E-state index in [1.807, 2.05) is 20.8 Å². The Bertz CT molecular complexity index is 162. The highest BCUT2D eigenvalue weighted by Gasteiger charge is 2.21. The van der Waals surface area contributed by atoms with Gasteiger partial charge < -0.3 is 0 Å². The van der Waals surface area contributed by atoms with Gasteiger partial charge in [-0.25, -0.2) is 0 Å². The van der Waals surface area contributed by atoms with Gasteiger partial charge in [0.25, 0.3) is 0 Å². The minimum Gasteiger partial charge on any atom is -0.299 e. The van der Waals surface area contributed by atoms with Gasteiger partial charge in [-0.1, -0.05) is 41.5 Å². The molecule has 1 nitrogen and oxygen atoms in total. The lowest BCUT2D eigenvalue weighted by Crippen LogP contribution is -2.21. The second-order valence-electron chi connectivity index (χ2n) is 5.43. The number of rotatable bonds is 4. The zero-order chi connectivity index (χ0) is 10.6. The largest absolute Gasteiger partial charge is 0.299 e. The van der Waals surface area contributed by atoms with Crippen LogP contribution in [0.3, 0.4) is 0 Å². The SMILES string of the molecule is CC(C)C(C)CCC(=O)C(C)(C)C. The number of hydrogen-bond acceptors (Lipinski definition) is 1. The van der Waals surface area contributed by atoms with E-state index in [4.69, 9.17) is 0 Å². The van der Waals surface area contributed by atoms with Crippen LogP contribution >= 0.6 is 0 Å². The van der Waals surface area contributed by atoms with Gasteiger partial charge in [0, 0.05) is 11.8 Å². The molecule has 0 rings (SSSR count). The highest BCUT2D eigenvalue weighted by Crippen LogP contribution is 2.22. The molecule has 0 fully saturated rings. The topological polar surface area (TPSA) is 17.1 Å². The summed E-state index contributed by atoms with van der Waals surface area (Å²) >= 11 is 0. The van der Waals surface area contributed by atoms with Crippen molar-refractivity contribution in [3.63, 3.8) is 0 Å². The molecule has 0 aliphatic rings. The normalized spacial score (nSPS) is 14.7. The third-order valence-corrected chi connectivity index (χ3v) is 2.80. The molecule has 0 N–H and O–H groups in total. The average molecular weight is 184 g/mol. The van der Waals surface area contributed by atoms with E-state index in [0.717, 1.165) is 12.8 Å². The summed E-state index contributed by atoms with van der Waals surface area (Å²) in [5.41, 5.74) is -0.156. The van der Waals surface area contributed by atoms with Crippen LogP contribution < -0.4 is 0 Å². The van der Waals surface area contributed by atoms with Crippen molar-refractivity contribution in [2.24, 2.45) is 17.3 Å². The molecule has 1 unspecified atom stereocenters. The predicted molar refractivity (Wildman–Crippen MR) is 57.7 cm³/mol. The lowest BCUT2D eigenvalue weighted by atomic mass is 9.84. The lowest BCUT2D eigenvalue weighted by molar-refractivity contribution is -0.126. The van der Waals surface area contributed by atoms with Crippen LogP contribution in [0.1, 0.15) is 54.4 Å². The highest BCUT2D eigenvalue weighted by atomic mass is 16.1. The number of carbonyl (C=O) groups excluding carboxylic acids is 1. The monoisotopic (exact) mass is 184 g/mol. The van der Waals surface area contributed by atoms with Crippen molar-refractivity contribution in [1.29, 1.82) is 0 Å². The van der Waals surface area contributed by atoms with E-state index in [0.29, 0.717) is 17.6 Å². The first-order chi connectivity index (χ1) is 5.75. The summed E-state index contributed by atoms with van der Waals surface area (Å²) in [5.74, 6) is 1.74. The third-order valence-electron chi connectivity index (χ3n) is 2.80. The van der Waals surface area contributed by atoms with Crippen molar-refractivity contribution in [1.82, 2.24) is 0 Å².